The van der Waals surface area contributed by atoms with Crippen LogP contribution in [-0.2, 0) is 13.0 Å². The highest BCUT2D eigenvalue weighted by atomic mass is 16.5. The molecule has 0 aromatic heterocycles. The van der Waals surface area contributed by atoms with Crippen LogP contribution in [0.4, 0.5) is 5.69 Å². The molecular formula is C16H20N2O. The number of ether oxygens (including phenoxy) is 1. The summed E-state index contributed by atoms with van der Waals surface area (Å²) in [6.07, 6.45) is 1.01. The normalized spacial score (nSPS) is 10.4. The van der Waals surface area contributed by atoms with Crippen LogP contribution in [0.5, 0.6) is 5.75 Å². The Balaban J connectivity index is 1.74. The Kier molecular flexibility index (Phi) is 4.81. The average Bonchev–Trinajstić information content (AvgIpc) is 2.44. The third kappa shape index (κ3) is 4.30. The van der Waals surface area contributed by atoms with Gasteiger partial charge in [0, 0.05) is 12.2 Å². The molecule has 19 heavy (non-hydrogen) atoms. The molecule has 0 amide bonds. The lowest BCUT2D eigenvalue weighted by molar-refractivity contribution is 0.414. The van der Waals surface area contributed by atoms with Crippen LogP contribution in [0.25, 0.3) is 0 Å². The maximum absolute atomic E-state index is 5.74. The molecule has 3 N–H and O–H groups in total. The fourth-order valence-electron chi connectivity index (χ4n) is 1.96. The van der Waals surface area contributed by atoms with Crippen molar-refractivity contribution < 1.29 is 4.74 Å². The summed E-state index contributed by atoms with van der Waals surface area (Å²) in [4.78, 5) is 0. The molecule has 0 saturated carbocycles. The molecule has 0 saturated heterocycles. The average molecular weight is 256 g/mol. The monoisotopic (exact) mass is 256 g/mol. The van der Waals surface area contributed by atoms with Crippen LogP contribution in [0, 0.1) is 0 Å². The van der Waals surface area contributed by atoms with E-state index in [1.54, 1.807) is 7.11 Å². The van der Waals surface area contributed by atoms with E-state index in [-0.39, 0.29) is 0 Å². The number of nitrogens with two attached hydrogens (primary N) is 1. The largest absolute Gasteiger partial charge is 0.497 e. The molecule has 0 bridgehead atoms. The summed E-state index contributed by atoms with van der Waals surface area (Å²) in [6.45, 7) is 1.79. The van der Waals surface area contributed by atoms with Gasteiger partial charge in [-0.05, 0) is 48.4 Å². The molecule has 0 spiro atoms. The second-order valence-electron chi connectivity index (χ2n) is 4.52. The summed E-state index contributed by atoms with van der Waals surface area (Å²) in [5, 5.41) is 3.42. The van der Waals surface area contributed by atoms with Crippen molar-refractivity contribution in [1.82, 2.24) is 5.32 Å². The van der Waals surface area contributed by atoms with Crippen LogP contribution in [0.1, 0.15) is 11.1 Å². The van der Waals surface area contributed by atoms with Crippen LogP contribution in [-0.4, -0.2) is 13.7 Å². The lowest BCUT2D eigenvalue weighted by Gasteiger charge is -2.06. The number of nitrogens with one attached hydrogen (secondary N) is 1. The van der Waals surface area contributed by atoms with Gasteiger partial charge in [0.25, 0.3) is 0 Å². The van der Waals surface area contributed by atoms with Gasteiger partial charge in [-0.3, -0.25) is 0 Å². The zero-order valence-electron chi connectivity index (χ0n) is 11.2. The lowest BCUT2D eigenvalue weighted by atomic mass is 10.1. The van der Waals surface area contributed by atoms with E-state index in [1.807, 2.05) is 30.3 Å². The molecule has 2 rings (SSSR count). The summed E-state index contributed by atoms with van der Waals surface area (Å²) in [5.74, 6) is 0.900. The van der Waals surface area contributed by atoms with Crippen molar-refractivity contribution in [3.05, 3.63) is 59.7 Å². The number of methoxy groups -OCH3 is 1. The zero-order chi connectivity index (χ0) is 13.5. The van der Waals surface area contributed by atoms with Crippen molar-refractivity contribution in [2.45, 2.75) is 13.0 Å². The van der Waals surface area contributed by atoms with Gasteiger partial charge in [0.1, 0.15) is 5.75 Å². The van der Waals surface area contributed by atoms with Gasteiger partial charge in [0.15, 0.2) is 0 Å². The first kappa shape index (κ1) is 13.4. The third-order valence-corrected chi connectivity index (χ3v) is 3.03. The maximum Gasteiger partial charge on any atom is 0.118 e. The van der Waals surface area contributed by atoms with Gasteiger partial charge in [0.05, 0.1) is 7.11 Å². The van der Waals surface area contributed by atoms with Crippen LogP contribution in [0.15, 0.2) is 48.5 Å². The van der Waals surface area contributed by atoms with Gasteiger partial charge in [-0.25, -0.2) is 0 Å². The minimum absolute atomic E-state index is 0.814. The summed E-state index contributed by atoms with van der Waals surface area (Å²) in [5.41, 5.74) is 9.08. The Morgan fingerprint density at radius 3 is 2.53 bits per heavy atom. The van der Waals surface area contributed by atoms with Crippen molar-refractivity contribution in [1.29, 1.82) is 0 Å². The first-order chi connectivity index (χ1) is 9.28. The van der Waals surface area contributed by atoms with Gasteiger partial charge in [0.2, 0.25) is 0 Å². The van der Waals surface area contributed by atoms with Crippen molar-refractivity contribution in [2.75, 3.05) is 19.4 Å². The Morgan fingerprint density at radius 2 is 1.84 bits per heavy atom. The molecule has 0 aliphatic heterocycles. The zero-order valence-corrected chi connectivity index (χ0v) is 11.2. The minimum Gasteiger partial charge on any atom is -0.497 e. The van der Waals surface area contributed by atoms with Crippen molar-refractivity contribution in [3.8, 4) is 5.75 Å². The predicted molar refractivity (Wildman–Crippen MR) is 79.3 cm³/mol. The topological polar surface area (TPSA) is 47.3 Å². The molecule has 3 heteroatoms. The molecular weight excluding hydrogens is 236 g/mol. The number of anilines is 1. The smallest absolute Gasteiger partial charge is 0.118 e. The number of hydrogen-bond donors (Lipinski definition) is 2. The lowest BCUT2D eigenvalue weighted by Crippen LogP contribution is -2.16. The highest BCUT2D eigenvalue weighted by molar-refractivity contribution is 5.40. The van der Waals surface area contributed by atoms with Crippen LogP contribution >= 0.6 is 0 Å². The Bertz CT molecular complexity index is 508. The summed E-state index contributed by atoms with van der Waals surface area (Å²) < 4.78 is 5.14. The van der Waals surface area contributed by atoms with Crippen molar-refractivity contribution >= 4 is 5.69 Å². The van der Waals surface area contributed by atoms with Crippen LogP contribution in [0.3, 0.4) is 0 Å². The highest BCUT2D eigenvalue weighted by Gasteiger charge is 1.96. The molecule has 3 nitrogen and oxygen atoms in total. The number of hydrogen-bond acceptors (Lipinski definition) is 3. The number of rotatable bonds is 6. The second kappa shape index (κ2) is 6.81. The minimum atomic E-state index is 0.814. The van der Waals surface area contributed by atoms with E-state index < -0.39 is 0 Å². The first-order valence-electron chi connectivity index (χ1n) is 6.46. The molecule has 0 heterocycles. The number of benzene rings is 2. The third-order valence-electron chi connectivity index (χ3n) is 3.03. The predicted octanol–water partition coefficient (Wildman–Crippen LogP) is 2.61. The summed E-state index contributed by atoms with van der Waals surface area (Å²) in [7, 11) is 1.68. The van der Waals surface area contributed by atoms with Gasteiger partial charge in [-0.1, -0.05) is 24.3 Å². The van der Waals surface area contributed by atoms with Crippen LogP contribution < -0.4 is 15.8 Å². The molecule has 0 atom stereocenters. The maximum atomic E-state index is 5.74. The molecule has 2 aromatic rings. The SMILES string of the molecule is COc1ccc(CCNCc2cccc(N)c2)cc1. The van der Waals surface area contributed by atoms with E-state index in [2.05, 4.69) is 23.5 Å². The van der Waals surface area contributed by atoms with E-state index in [0.717, 1.165) is 30.9 Å². The van der Waals surface area contributed by atoms with Crippen LogP contribution in [0.2, 0.25) is 0 Å². The van der Waals surface area contributed by atoms with Crippen molar-refractivity contribution in [2.24, 2.45) is 0 Å². The molecule has 0 radical (unpaired) electrons. The Hall–Kier alpha value is -2.00. The second-order valence-corrected chi connectivity index (χ2v) is 4.52. The van der Waals surface area contributed by atoms with E-state index >= 15 is 0 Å². The fraction of sp³-hybridized carbons (Fsp3) is 0.250. The van der Waals surface area contributed by atoms with E-state index in [9.17, 15) is 0 Å². The van der Waals surface area contributed by atoms with Gasteiger partial charge in [-0.15, -0.1) is 0 Å². The standard InChI is InChI=1S/C16H20N2O/c1-19-16-7-5-13(6-8-16)9-10-18-12-14-3-2-4-15(17)11-14/h2-8,11,18H,9-10,12,17H2,1H3. The Labute approximate surface area is 114 Å². The first-order valence-corrected chi connectivity index (χ1v) is 6.46. The van der Waals surface area contributed by atoms with E-state index in [1.165, 1.54) is 11.1 Å². The fourth-order valence-corrected chi connectivity index (χ4v) is 1.96. The van der Waals surface area contributed by atoms with Crippen molar-refractivity contribution in [3.63, 3.8) is 0 Å². The van der Waals surface area contributed by atoms with Gasteiger partial charge < -0.3 is 15.8 Å². The van der Waals surface area contributed by atoms with Gasteiger partial charge >= 0.3 is 0 Å². The molecule has 2 aromatic carbocycles. The molecule has 100 valence electrons. The highest BCUT2D eigenvalue weighted by Crippen LogP contribution is 2.11. The molecule has 0 fully saturated rings. The van der Waals surface area contributed by atoms with E-state index in [0.29, 0.717) is 0 Å². The molecule has 0 aliphatic rings. The van der Waals surface area contributed by atoms with E-state index in [4.69, 9.17) is 10.5 Å². The summed E-state index contributed by atoms with van der Waals surface area (Å²) >= 11 is 0. The quantitative estimate of drug-likeness (QED) is 0.617. The molecule has 0 unspecified atom stereocenters. The Morgan fingerprint density at radius 1 is 1.05 bits per heavy atom. The molecule has 0 aliphatic carbocycles. The van der Waals surface area contributed by atoms with Gasteiger partial charge in [-0.2, -0.15) is 0 Å². The summed E-state index contributed by atoms with van der Waals surface area (Å²) in [6, 6.07) is 16.1. The number of nitrogen functional groups attached to an aromatic ring is 1.